The van der Waals surface area contributed by atoms with Gasteiger partial charge in [0, 0.05) is 44.9 Å². The first-order chi connectivity index (χ1) is 28.8. The summed E-state index contributed by atoms with van der Waals surface area (Å²) >= 11 is 0. The van der Waals surface area contributed by atoms with Crippen molar-refractivity contribution < 1.29 is 4.42 Å². The highest BCUT2D eigenvalue weighted by Gasteiger charge is 2.52. The first kappa shape index (κ1) is 32.6. The molecule has 12 rings (SSSR count). The quantitative estimate of drug-likeness (QED) is 0.169. The van der Waals surface area contributed by atoms with E-state index in [1.807, 2.05) is 12.1 Å². The third-order valence-electron chi connectivity index (χ3n) is 12.2. The summed E-state index contributed by atoms with van der Waals surface area (Å²) < 4.78 is 6.28. The van der Waals surface area contributed by atoms with Crippen molar-refractivity contribution in [2.45, 2.75) is 5.41 Å². The van der Waals surface area contributed by atoms with Gasteiger partial charge in [-0.1, -0.05) is 133 Å². The Balaban J connectivity index is 1.09. The molecular formula is C55H36N2O. The van der Waals surface area contributed by atoms with Crippen LogP contribution in [0, 0.1) is 0 Å². The monoisotopic (exact) mass is 740 g/mol. The molecule has 0 bridgehead atoms. The summed E-state index contributed by atoms with van der Waals surface area (Å²) in [5.74, 6) is 0. The van der Waals surface area contributed by atoms with Crippen molar-refractivity contribution >= 4 is 56.1 Å². The Morgan fingerprint density at radius 1 is 0.276 bits per heavy atom. The molecule has 10 aromatic rings. The van der Waals surface area contributed by atoms with Gasteiger partial charge in [-0.2, -0.15) is 0 Å². The van der Waals surface area contributed by atoms with Crippen molar-refractivity contribution in [3.63, 3.8) is 0 Å². The van der Waals surface area contributed by atoms with Gasteiger partial charge in [0.2, 0.25) is 0 Å². The molecule has 0 radical (unpaired) electrons. The molecule has 1 aromatic heterocycles. The Bertz CT molecular complexity index is 3150. The fourth-order valence-electron chi connectivity index (χ4n) is 9.88. The van der Waals surface area contributed by atoms with Crippen LogP contribution in [0.5, 0.6) is 0 Å². The van der Waals surface area contributed by atoms with Crippen LogP contribution in [0.25, 0.3) is 44.2 Å². The molecule has 1 unspecified atom stereocenters. The van der Waals surface area contributed by atoms with Crippen molar-refractivity contribution in [2.75, 3.05) is 9.80 Å². The number of hydrogen-bond donors (Lipinski definition) is 0. The van der Waals surface area contributed by atoms with Gasteiger partial charge in [0.25, 0.3) is 0 Å². The van der Waals surface area contributed by atoms with E-state index in [4.69, 9.17) is 4.42 Å². The minimum Gasteiger partial charge on any atom is -0.456 e. The molecular weight excluding hydrogens is 705 g/mol. The Hall–Kier alpha value is -7.62. The van der Waals surface area contributed by atoms with Gasteiger partial charge in [-0.3, -0.25) is 0 Å². The second kappa shape index (κ2) is 12.7. The Kier molecular flexibility index (Phi) is 7.14. The maximum atomic E-state index is 6.28. The number of para-hydroxylation sites is 4. The summed E-state index contributed by atoms with van der Waals surface area (Å²) in [6, 6.07) is 79.3. The molecule has 0 saturated heterocycles. The van der Waals surface area contributed by atoms with Crippen molar-refractivity contribution in [1.82, 2.24) is 0 Å². The molecule has 3 nitrogen and oxygen atoms in total. The zero-order valence-electron chi connectivity index (χ0n) is 31.6. The summed E-state index contributed by atoms with van der Waals surface area (Å²) in [5, 5.41) is 2.22. The summed E-state index contributed by atoms with van der Waals surface area (Å²) in [4.78, 5) is 4.75. The van der Waals surface area contributed by atoms with Crippen LogP contribution < -0.4 is 9.80 Å². The van der Waals surface area contributed by atoms with Gasteiger partial charge in [-0.15, -0.1) is 0 Å². The van der Waals surface area contributed by atoms with E-state index in [1.165, 1.54) is 44.5 Å². The molecule has 1 atom stereocenters. The highest BCUT2D eigenvalue weighted by molar-refractivity contribution is 6.07. The van der Waals surface area contributed by atoms with Crippen molar-refractivity contribution in [1.29, 1.82) is 0 Å². The van der Waals surface area contributed by atoms with Gasteiger partial charge in [-0.25, -0.2) is 0 Å². The van der Waals surface area contributed by atoms with E-state index in [0.29, 0.717) is 0 Å². The summed E-state index contributed by atoms with van der Waals surface area (Å²) in [5.41, 5.74) is 18.2. The predicted octanol–water partition coefficient (Wildman–Crippen LogP) is 14.9. The molecule has 2 aliphatic rings. The van der Waals surface area contributed by atoms with Crippen molar-refractivity contribution in [3.05, 3.63) is 241 Å². The number of fused-ring (bicyclic) bond motifs is 13. The topological polar surface area (TPSA) is 19.6 Å². The van der Waals surface area contributed by atoms with Crippen LogP contribution >= 0.6 is 0 Å². The molecule has 1 heterocycles. The maximum absolute atomic E-state index is 6.28. The molecule has 0 fully saturated rings. The van der Waals surface area contributed by atoms with Gasteiger partial charge >= 0.3 is 0 Å². The highest BCUT2D eigenvalue weighted by atomic mass is 16.3. The second-order valence-corrected chi connectivity index (χ2v) is 15.3. The van der Waals surface area contributed by atoms with Crippen LogP contribution in [0.4, 0.5) is 34.1 Å². The molecule has 0 amide bonds. The van der Waals surface area contributed by atoms with E-state index in [1.54, 1.807) is 0 Å². The molecule has 58 heavy (non-hydrogen) atoms. The largest absolute Gasteiger partial charge is 0.456 e. The van der Waals surface area contributed by atoms with Crippen LogP contribution in [0.15, 0.2) is 223 Å². The molecule has 1 spiro atoms. The maximum Gasteiger partial charge on any atom is 0.135 e. The molecule has 2 aliphatic carbocycles. The lowest BCUT2D eigenvalue weighted by molar-refractivity contribution is 0.669. The number of benzene rings is 9. The van der Waals surface area contributed by atoms with E-state index in [-0.39, 0.29) is 0 Å². The van der Waals surface area contributed by atoms with E-state index in [9.17, 15) is 0 Å². The smallest absolute Gasteiger partial charge is 0.135 e. The van der Waals surface area contributed by atoms with Gasteiger partial charge in [0.15, 0.2) is 0 Å². The predicted molar refractivity (Wildman–Crippen MR) is 239 cm³/mol. The highest BCUT2D eigenvalue weighted by Crippen LogP contribution is 2.64. The molecule has 3 heteroatoms. The number of furan rings is 1. The number of hydrogen-bond acceptors (Lipinski definition) is 3. The SMILES string of the molecule is c1ccc(N(c2ccccc2)c2ccc3c(c2)-c2ccccc2C32c3ccccc3-c3ccc(N(c4ccccc4)c4ccc5oc6ccccc6c5c4)cc32)cc1. The summed E-state index contributed by atoms with van der Waals surface area (Å²) in [6.45, 7) is 0. The number of nitrogens with zero attached hydrogens (tertiary/aromatic N) is 2. The van der Waals surface area contributed by atoms with Gasteiger partial charge in [-0.05, 0) is 129 Å². The zero-order chi connectivity index (χ0) is 38.2. The Morgan fingerprint density at radius 2 is 0.724 bits per heavy atom. The average molecular weight is 741 g/mol. The van der Waals surface area contributed by atoms with Crippen LogP contribution in [-0.2, 0) is 5.41 Å². The van der Waals surface area contributed by atoms with Crippen LogP contribution in [0.1, 0.15) is 22.3 Å². The fourth-order valence-corrected chi connectivity index (χ4v) is 9.88. The lowest BCUT2D eigenvalue weighted by atomic mass is 9.70. The fraction of sp³-hybridized carbons (Fsp3) is 0.0182. The molecule has 0 aliphatic heterocycles. The minimum atomic E-state index is -0.510. The summed E-state index contributed by atoms with van der Waals surface area (Å²) in [7, 11) is 0. The van der Waals surface area contributed by atoms with Crippen molar-refractivity contribution in [2.24, 2.45) is 0 Å². The van der Waals surface area contributed by atoms with E-state index in [0.717, 1.165) is 56.1 Å². The van der Waals surface area contributed by atoms with Gasteiger partial charge in [0.1, 0.15) is 11.2 Å². The Morgan fingerprint density at radius 3 is 1.40 bits per heavy atom. The average Bonchev–Trinajstić information content (AvgIpc) is 3.91. The third kappa shape index (κ3) is 4.68. The van der Waals surface area contributed by atoms with Crippen LogP contribution in [-0.4, -0.2) is 0 Å². The second-order valence-electron chi connectivity index (χ2n) is 15.3. The molecule has 9 aromatic carbocycles. The number of anilines is 6. The van der Waals surface area contributed by atoms with E-state index >= 15 is 0 Å². The van der Waals surface area contributed by atoms with E-state index < -0.39 is 5.41 Å². The normalized spacial score (nSPS) is 14.6. The number of rotatable bonds is 6. The molecule has 0 saturated carbocycles. The van der Waals surface area contributed by atoms with Crippen LogP contribution in [0.2, 0.25) is 0 Å². The van der Waals surface area contributed by atoms with Gasteiger partial charge < -0.3 is 14.2 Å². The summed E-state index contributed by atoms with van der Waals surface area (Å²) in [6.07, 6.45) is 0. The first-order valence-electron chi connectivity index (χ1n) is 19.9. The lowest BCUT2D eigenvalue weighted by Crippen LogP contribution is -2.26. The minimum absolute atomic E-state index is 0.510. The Labute approximate surface area is 337 Å². The lowest BCUT2D eigenvalue weighted by Gasteiger charge is -2.32. The third-order valence-corrected chi connectivity index (χ3v) is 12.2. The molecule has 272 valence electrons. The van der Waals surface area contributed by atoms with Crippen molar-refractivity contribution in [3.8, 4) is 22.3 Å². The van der Waals surface area contributed by atoms with E-state index in [2.05, 4.69) is 216 Å². The molecule has 0 N–H and O–H groups in total. The first-order valence-corrected chi connectivity index (χ1v) is 19.9. The zero-order valence-corrected chi connectivity index (χ0v) is 31.6. The van der Waals surface area contributed by atoms with Crippen LogP contribution in [0.3, 0.4) is 0 Å². The standard InChI is InChI=1S/C55H36N2O/c1-4-16-37(17-5-1)56(38-18-6-2-7-19-38)40-29-32-51-47(34-40)44-23-11-14-26-50(44)55(51)49-25-13-10-22-43(49)45-31-28-42(36-52(45)55)57(39-20-8-3-9-21-39)41-30-33-54-48(35-41)46-24-12-15-27-53(46)58-54/h1-36H. The van der Waals surface area contributed by atoms with Gasteiger partial charge in [0.05, 0.1) is 5.41 Å².